The summed E-state index contributed by atoms with van der Waals surface area (Å²) in [6, 6.07) is 15.1. The van der Waals surface area contributed by atoms with Crippen molar-refractivity contribution < 1.29 is 14.7 Å². The summed E-state index contributed by atoms with van der Waals surface area (Å²) < 4.78 is 2.13. The number of aromatic nitrogens is 1. The molecule has 0 bridgehead atoms. The first-order chi connectivity index (χ1) is 12.0. The number of aliphatic carboxylic acids is 1. The summed E-state index contributed by atoms with van der Waals surface area (Å²) in [5, 5.41) is 12.4. The van der Waals surface area contributed by atoms with Gasteiger partial charge in [0.2, 0.25) is 5.91 Å². The van der Waals surface area contributed by atoms with Crippen molar-refractivity contribution in [2.45, 2.75) is 19.0 Å². The van der Waals surface area contributed by atoms with Gasteiger partial charge in [0.25, 0.3) is 5.56 Å². The topological polar surface area (TPSA) is 88.4 Å². The molecular formula is C18H16N2O4S. The third-order valence-corrected chi connectivity index (χ3v) is 4.82. The minimum Gasteiger partial charge on any atom is -0.480 e. The number of fused-ring (bicyclic) bond motifs is 1. The van der Waals surface area contributed by atoms with Gasteiger partial charge in [0.1, 0.15) is 12.6 Å². The molecular weight excluding hydrogens is 340 g/mol. The largest absolute Gasteiger partial charge is 0.480 e. The minimum atomic E-state index is -1.11. The Morgan fingerprint density at radius 3 is 2.44 bits per heavy atom. The summed E-state index contributed by atoms with van der Waals surface area (Å²) in [5.41, 5.74) is 0.569. The van der Waals surface area contributed by atoms with Crippen molar-refractivity contribution >= 4 is 33.5 Å². The minimum absolute atomic E-state index is 0.184. The zero-order valence-corrected chi connectivity index (χ0v) is 14.0. The van der Waals surface area contributed by atoms with Gasteiger partial charge in [-0.3, -0.25) is 13.5 Å². The van der Waals surface area contributed by atoms with E-state index in [1.807, 2.05) is 30.3 Å². The molecule has 1 aromatic heterocycles. The Bertz CT molecular complexity index is 962. The molecule has 1 heterocycles. The van der Waals surface area contributed by atoms with Gasteiger partial charge in [-0.2, -0.15) is 0 Å². The third kappa shape index (κ3) is 3.95. The van der Waals surface area contributed by atoms with Crippen LogP contribution in [0.4, 0.5) is 0 Å². The van der Waals surface area contributed by atoms with E-state index < -0.39 is 17.9 Å². The van der Waals surface area contributed by atoms with Crippen LogP contribution in [-0.2, 0) is 22.6 Å². The highest BCUT2D eigenvalue weighted by molar-refractivity contribution is 7.13. The number of benzene rings is 2. The SMILES string of the molecule is O=C(Cn1sc2ccccc2c1=O)NC(Cc1ccccc1)C(=O)O. The van der Waals surface area contributed by atoms with Crippen LogP contribution in [0.2, 0.25) is 0 Å². The fourth-order valence-electron chi connectivity index (χ4n) is 2.54. The average Bonchev–Trinajstić information content (AvgIpc) is 2.91. The molecule has 0 fully saturated rings. The van der Waals surface area contributed by atoms with Gasteiger partial charge in [-0.05, 0) is 17.7 Å². The van der Waals surface area contributed by atoms with E-state index in [1.165, 1.54) is 15.5 Å². The van der Waals surface area contributed by atoms with E-state index in [4.69, 9.17) is 0 Å². The number of carbonyl (C=O) groups is 2. The molecule has 0 radical (unpaired) electrons. The highest BCUT2D eigenvalue weighted by atomic mass is 32.1. The fraction of sp³-hybridized carbons (Fsp3) is 0.167. The maximum absolute atomic E-state index is 12.3. The second-order valence-electron chi connectivity index (χ2n) is 5.58. The predicted octanol–water partition coefficient (Wildman–Crippen LogP) is 1.88. The summed E-state index contributed by atoms with van der Waals surface area (Å²) in [6.45, 7) is -0.198. The van der Waals surface area contributed by atoms with Crippen LogP contribution in [0.25, 0.3) is 10.1 Å². The molecule has 1 unspecified atom stereocenters. The van der Waals surface area contributed by atoms with E-state index in [0.717, 1.165) is 10.3 Å². The van der Waals surface area contributed by atoms with Gasteiger partial charge >= 0.3 is 5.97 Å². The molecule has 128 valence electrons. The van der Waals surface area contributed by atoms with Gasteiger partial charge in [0.05, 0.1) is 10.1 Å². The molecule has 0 saturated heterocycles. The van der Waals surface area contributed by atoms with Gasteiger partial charge in [-0.25, -0.2) is 4.79 Å². The van der Waals surface area contributed by atoms with Crippen LogP contribution >= 0.6 is 11.5 Å². The lowest BCUT2D eigenvalue weighted by atomic mass is 10.1. The van der Waals surface area contributed by atoms with Crippen LogP contribution < -0.4 is 10.9 Å². The van der Waals surface area contributed by atoms with Crippen molar-refractivity contribution in [3.05, 3.63) is 70.5 Å². The van der Waals surface area contributed by atoms with Crippen LogP contribution in [-0.4, -0.2) is 27.0 Å². The molecule has 2 aromatic carbocycles. The molecule has 0 aliphatic heterocycles. The van der Waals surface area contributed by atoms with Crippen LogP contribution in [0.15, 0.2) is 59.4 Å². The Morgan fingerprint density at radius 2 is 1.76 bits per heavy atom. The number of nitrogens with one attached hydrogen (secondary N) is 1. The van der Waals surface area contributed by atoms with E-state index in [9.17, 15) is 19.5 Å². The summed E-state index contributed by atoms with van der Waals surface area (Å²) in [6.07, 6.45) is 0.184. The molecule has 3 aromatic rings. The van der Waals surface area contributed by atoms with Crippen molar-refractivity contribution in [2.75, 3.05) is 0 Å². The second kappa shape index (κ2) is 7.31. The summed E-state index contributed by atoms with van der Waals surface area (Å²) >= 11 is 1.19. The van der Waals surface area contributed by atoms with Crippen LogP contribution in [0.1, 0.15) is 5.56 Å². The lowest BCUT2D eigenvalue weighted by molar-refractivity contribution is -0.141. The van der Waals surface area contributed by atoms with Gasteiger partial charge < -0.3 is 10.4 Å². The number of rotatable bonds is 6. The molecule has 0 aliphatic carbocycles. The molecule has 0 aliphatic rings. The Balaban J connectivity index is 1.72. The highest BCUT2D eigenvalue weighted by Gasteiger charge is 2.21. The normalized spacial score (nSPS) is 12.0. The molecule has 0 spiro atoms. The number of carboxylic acid groups (broad SMARTS) is 1. The van der Waals surface area contributed by atoms with E-state index in [1.54, 1.807) is 24.3 Å². The van der Waals surface area contributed by atoms with Crippen molar-refractivity contribution in [1.29, 1.82) is 0 Å². The zero-order chi connectivity index (χ0) is 17.8. The summed E-state index contributed by atoms with van der Waals surface area (Å²) in [5.74, 6) is -1.61. The van der Waals surface area contributed by atoms with Gasteiger partial charge in [-0.15, -0.1) is 0 Å². The predicted molar refractivity (Wildman–Crippen MR) is 95.8 cm³/mol. The first-order valence-electron chi connectivity index (χ1n) is 7.69. The third-order valence-electron chi connectivity index (χ3n) is 3.76. The van der Waals surface area contributed by atoms with Crippen molar-refractivity contribution in [2.24, 2.45) is 0 Å². The van der Waals surface area contributed by atoms with Gasteiger partial charge in [-0.1, -0.05) is 54.0 Å². The maximum Gasteiger partial charge on any atom is 0.326 e. The van der Waals surface area contributed by atoms with Gasteiger partial charge in [0, 0.05) is 6.42 Å². The number of carboxylic acids is 1. The maximum atomic E-state index is 12.3. The van der Waals surface area contributed by atoms with Crippen LogP contribution in [0.5, 0.6) is 0 Å². The number of nitrogens with zero attached hydrogens (tertiary/aromatic N) is 1. The molecule has 1 atom stereocenters. The second-order valence-corrected chi connectivity index (χ2v) is 6.64. The van der Waals surface area contributed by atoms with Crippen molar-refractivity contribution in [3.8, 4) is 0 Å². The van der Waals surface area contributed by atoms with E-state index in [2.05, 4.69) is 5.32 Å². The lowest BCUT2D eigenvalue weighted by Crippen LogP contribution is -2.44. The number of amides is 1. The highest BCUT2D eigenvalue weighted by Crippen LogP contribution is 2.15. The fourth-order valence-corrected chi connectivity index (χ4v) is 3.54. The first kappa shape index (κ1) is 16.9. The number of hydrogen-bond acceptors (Lipinski definition) is 4. The van der Waals surface area contributed by atoms with E-state index in [-0.39, 0.29) is 18.5 Å². The van der Waals surface area contributed by atoms with Crippen LogP contribution in [0, 0.1) is 0 Å². The van der Waals surface area contributed by atoms with E-state index >= 15 is 0 Å². The monoisotopic (exact) mass is 356 g/mol. The first-order valence-corrected chi connectivity index (χ1v) is 8.47. The van der Waals surface area contributed by atoms with Crippen molar-refractivity contribution in [1.82, 2.24) is 9.27 Å². The standard InChI is InChI=1S/C18H16N2O4S/c21-16(11-20-17(22)13-8-4-5-9-15(13)25-20)19-14(18(23)24)10-12-6-2-1-3-7-12/h1-9,14H,10-11H2,(H,19,21)(H,23,24). The molecule has 2 N–H and O–H groups in total. The van der Waals surface area contributed by atoms with Crippen molar-refractivity contribution in [3.63, 3.8) is 0 Å². The molecule has 25 heavy (non-hydrogen) atoms. The lowest BCUT2D eigenvalue weighted by Gasteiger charge is -2.14. The summed E-state index contributed by atoms with van der Waals surface area (Å²) in [7, 11) is 0. The molecule has 7 heteroatoms. The molecule has 3 rings (SSSR count). The summed E-state index contributed by atoms with van der Waals surface area (Å²) in [4.78, 5) is 35.9. The quantitative estimate of drug-likeness (QED) is 0.706. The Hall–Kier alpha value is -2.93. The Morgan fingerprint density at radius 1 is 1.08 bits per heavy atom. The zero-order valence-electron chi connectivity index (χ0n) is 13.2. The van der Waals surface area contributed by atoms with E-state index in [0.29, 0.717) is 5.39 Å². The Kier molecular flexibility index (Phi) is 4.95. The van der Waals surface area contributed by atoms with Gasteiger partial charge in [0.15, 0.2) is 0 Å². The molecule has 6 nitrogen and oxygen atoms in total. The van der Waals surface area contributed by atoms with Crippen LogP contribution in [0.3, 0.4) is 0 Å². The number of hydrogen-bond donors (Lipinski definition) is 2. The smallest absolute Gasteiger partial charge is 0.326 e. The molecule has 0 saturated carbocycles. The number of carbonyl (C=O) groups excluding carboxylic acids is 1. The molecule has 1 amide bonds. The Labute approximate surface area is 147 Å². The average molecular weight is 356 g/mol.